The summed E-state index contributed by atoms with van der Waals surface area (Å²) in [5.41, 5.74) is 1.44. The van der Waals surface area contributed by atoms with Crippen molar-refractivity contribution in [1.82, 2.24) is 4.57 Å². The van der Waals surface area contributed by atoms with Crippen molar-refractivity contribution in [2.75, 3.05) is 28.4 Å². The van der Waals surface area contributed by atoms with Gasteiger partial charge in [-0.1, -0.05) is 29.5 Å². The summed E-state index contributed by atoms with van der Waals surface area (Å²) >= 11 is 1.18. The maximum absolute atomic E-state index is 13.8. The van der Waals surface area contributed by atoms with Crippen molar-refractivity contribution >= 4 is 29.4 Å². The highest BCUT2D eigenvalue weighted by molar-refractivity contribution is 7.07. The average Bonchev–Trinajstić information content (AvgIpc) is 3.21. The Balaban J connectivity index is 1.97. The van der Waals surface area contributed by atoms with Gasteiger partial charge in [-0.3, -0.25) is 14.2 Å². The van der Waals surface area contributed by atoms with Crippen molar-refractivity contribution < 1.29 is 33.3 Å². The molecule has 0 saturated carbocycles. The third kappa shape index (κ3) is 4.80. The molecule has 38 heavy (non-hydrogen) atoms. The number of esters is 2. The predicted molar refractivity (Wildman–Crippen MR) is 140 cm³/mol. The Bertz CT molecular complexity index is 1630. The molecule has 3 aromatic rings. The largest absolute Gasteiger partial charge is 0.493 e. The molecular formula is C27H26N2O8S. The molecule has 1 atom stereocenters. The lowest BCUT2D eigenvalue weighted by atomic mass is 9.95. The average molecular weight is 539 g/mol. The van der Waals surface area contributed by atoms with E-state index in [4.69, 9.17) is 23.7 Å². The van der Waals surface area contributed by atoms with Gasteiger partial charge >= 0.3 is 11.9 Å². The number of para-hydroxylation sites is 1. The van der Waals surface area contributed by atoms with E-state index in [1.54, 1.807) is 49.4 Å². The normalized spacial score (nSPS) is 14.9. The van der Waals surface area contributed by atoms with Gasteiger partial charge in [0.25, 0.3) is 5.56 Å². The van der Waals surface area contributed by atoms with Crippen LogP contribution in [0.2, 0.25) is 0 Å². The molecule has 1 aliphatic heterocycles. The Morgan fingerprint density at radius 2 is 1.74 bits per heavy atom. The number of allylic oxidation sites excluding steroid dienone is 1. The van der Waals surface area contributed by atoms with Gasteiger partial charge < -0.3 is 23.7 Å². The number of benzene rings is 2. The molecule has 2 heterocycles. The molecule has 0 fully saturated rings. The molecule has 0 saturated heterocycles. The Morgan fingerprint density at radius 3 is 2.37 bits per heavy atom. The van der Waals surface area contributed by atoms with Crippen LogP contribution in [0.25, 0.3) is 6.08 Å². The summed E-state index contributed by atoms with van der Waals surface area (Å²) in [4.78, 5) is 43.2. The number of methoxy groups -OCH3 is 4. The highest BCUT2D eigenvalue weighted by atomic mass is 32.1. The number of hydrogen-bond donors (Lipinski definition) is 0. The SMILES string of the molecule is COC(=O)C1=C(C)N=c2s/c(=C\c3cccc(OC)c3OC)c(=O)n2[C@H]1c1ccc(OC(C)=O)c(OC)c1. The van der Waals surface area contributed by atoms with E-state index >= 15 is 0 Å². The number of nitrogens with zero attached hydrogens (tertiary/aromatic N) is 2. The molecule has 198 valence electrons. The first-order valence-electron chi connectivity index (χ1n) is 11.4. The maximum Gasteiger partial charge on any atom is 0.338 e. The minimum absolute atomic E-state index is 0.202. The van der Waals surface area contributed by atoms with Crippen molar-refractivity contribution in [2.45, 2.75) is 19.9 Å². The number of ether oxygens (including phenoxy) is 5. The molecule has 0 bridgehead atoms. The minimum atomic E-state index is -0.867. The number of fused-ring (bicyclic) bond motifs is 1. The van der Waals surface area contributed by atoms with Crippen LogP contribution in [0.4, 0.5) is 0 Å². The number of rotatable bonds is 7. The van der Waals surface area contributed by atoms with Gasteiger partial charge in [0.1, 0.15) is 0 Å². The summed E-state index contributed by atoms with van der Waals surface area (Å²) in [5, 5.41) is 0. The number of hydrogen-bond acceptors (Lipinski definition) is 10. The maximum atomic E-state index is 13.8. The van der Waals surface area contributed by atoms with E-state index < -0.39 is 18.0 Å². The van der Waals surface area contributed by atoms with E-state index in [1.807, 2.05) is 0 Å². The first kappa shape index (κ1) is 26.7. The van der Waals surface area contributed by atoms with Crippen molar-refractivity contribution in [3.8, 4) is 23.0 Å². The number of carbonyl (C=O) groups is 2. The van der Waals surface area contributed by atoms with Crippen LogP contribution in [-0.2, 0) is 14.3 Å². The first-order valence-corrected chi connectivity index (χ1v) is 12.2. The van der Waals surface area contributed by atoms with Crippen LogP contribution >= 0.6 is 11.3 Å². The monoisotopic (exact) mass is 538 g/mol. The fourth-order valence-corrected chi connectivity index (χ4v) is 5.31. The number of thiazole rings is 1. The molecule has 0 spiro atoms. The highest BCUT2D eigenvalue weighted by Crippen LogP contribution is 2.36. The molecule has 0 radical (unpaired) electrons. The third-order valence-corrected chi connectivity index (χ3v) is 6.89. The number of carbonyl (C=O) groups excluding carboxylic acids is 2. The van der Waals surface area contributed by atoms with Crippen LogP contribution < -0.4 is 33.8 Å². The molecule has 0 unspecified atom stereocenters. The fraction of sp³-hybridized carbons (Fsp3) is 0.259. The quantitative estimate of drug-likeness (QED) is 0.333. The zero-order valence-corrected chi connectivity index (χ0v) is 22.5. The predicted octanol–water partition coefficient (Wildman–Crippen LogP) is 2.36. The molecule has 2 aromatic carbocycles. The lowest BCUT2D eigenvalue weighted by molar-refractivity contribution is -0.136. The van der Waals surface area contributed by atoms with Gasteiger partial charge in [-0.25, -0.2) is 9.79 Å². The van der Waals surface area contributed by atoms with E-state index in [0.717, 1.165) is 0 Å². The zero-order valence-electron chi connectivity index (χ0n) is 21.7. The second-order valence-electron chi connectivity index (χ2n) is 8.16. The van der Waals surface area contributed by atoms with Crippen LogP contribution in [0, 0.1) is 0 Å². The van der Waals surface area contributed by atoms with Gasteiger partial charge in [0.2, 0.25) is 0 Å². The van der Waals surface area contributed by atoms with Crippen LogP contribution in [0.5, 0.6) is 23.0 Å². The summed E-state index contributed by atoms with van der Waals surface area (Å²) in [6.07, 6.45) is 1.70. The van der Waals surface area contributed by atoms with E-state index in [-0.39, 0.29) is 22.6 Å². The van der Waals surface area contributed by atoms with Gasteiger partial charge in [0.15, 0.2) is 27.8 Å². The molecule has 1 aliphatic rings. The summed E-state index contributed by atoms with van der Waals surface area (Å²) in [7, 11) is 5.76. The highest BCUT2D eigenvalue weighted by Gasteiger charge is 2.33. The Hall–Kier alpha value is -4.38. The summed E-state index contributed by atoms with van der Waals surface area (Å²) in [6.45, 7) is 2.97. The van der Waals surface area contributed by atoms with E-state index in [9.17, 15) is 14.4 Å². The number of aromatic nitrogens is 1. The van der Waals surface area contributed by atoms with Crippen molar-refractivity contribution in [1.29, 1.82) is 0 Å². The minimum Gasteiger partial charge on any atom is -0.493 e. The van der Waals surface area contributed by atoms with Crippen molar-refractivity contribution in [2.24, 2.45) is 4.99 Å². The van der Waals surface area contributed by atoms with Gasteiger partial charge in [-0.2, -0.15) is 0 Å². The molecule has 4 rings (SSSR count). The van der Waals surface area contributed by atoms with Crippen LogP contribution in [-0.4, -0.2) is 44.9 Å². The standard InChI is InChI=1S/C27H26N2O8S/c1-14-22(26(32)36-6)23(16-10-11-18(37-15(2)30)20(12-16)34-4)29-25(31)21(38-27(29)28-14)13-17-8-7-9-19(33-3)24(17)35-5/h7-13,23H,1-6H3/b21-13-/t23-/m0/s1. The lowest BCUT2D eigenvalue weighted by Crippen LogP contribution is -2.39. The first-order chi connectivity index (χ1) is 18.2. The summed E-state index contributed by atoms with van der Waals surface area (Å²) in [6, 6.07) is 9.33. The fourth-order valence-electron chi connectivity index (χ4n) is 4.27. The van der Waals surface area contributed by atoms with Crippen LogP contribution in [0.15, 0.2) is 57.5 Å². The summed E-state index contributed by atoms with van der Waals surface area (Å²) < 4.78 is 28.4. The Morgan fingerprint density at radius 1 is 1.00 bits per heavy atom. The molecule has 0 N–H and O–H groups in total. The van der Waals surface area contributed by atoms with E-state index in [2.05, 4.69) is 4.99 Å². The van der Waals surface area contributed by atoms with Gasteiger partial charge in [0, 0.05) is 12.5 Å². The second kappa shape index (κ2) is 10.9. The lowest BCUT2D eigenvalue weighted by Gasteiger charge is -2.25. The zero-order chi connectivity index (χ0) is 27.6. The third-order valence-electron chi connectivity index (χ3n) is 5.90. The second-order valence-corrected chi connectivity index (χ2v) is 9.17. The van der Waals surface area contributed by atoms with Crippen molar-refractivity contribution in [3.63, 3.8) is 0 Å². The smallest absolute Gasteiger partial charge is 0.338 e. The van der Waals surface area contributed by atoms with Crippen LogP contribution in [0.1, 0.15) is 31.0 Å². The van der Waals surface area contributed by atoms with E-state index in [0.29, 0.717) is 37.7 Å². The topological polar surface area (TPSA) is 115 Å². The molecule has 0 amide bonds. The summed E-state index contributed by atoms with van der Waals surface area (Å²) in [5.74, 6) is 0.345. The van der Waals surface area contributed by atoms with Crippen LogP contribution in [0.3, 0.4) is 0 Å². The molecule has 0 aliphatic carbocycles. The Kier molecular flexibility index (Phi) is 7.67. The van der Waals surface area contributed by atoms with Crippen molar-refractivity contribution in [3.05, 3.63) is 78.5 Å². The molecular weight excluding hydrogens is 512 g/mol. The van der Waals surface area contributed by atoms with Gasteiger partial charge in [0.05, 0.1) is 50.3 Å². The Labute approximate surface area is 222 Å². The molecule has 11 heteroatoms. The molecule has 1 aromatic heterocycles. The van der Waals surface area contributed by atoms with Gasteiger partial charge in [-0.15, -0.1) is 0 Å². The molecule has 10 nitrogen and oxygen atoms in total. The van der Waals surface area contributed by atoms with Gasteiger partial charge in [-0.05, 0) is 36.8 Å². The van der Waals surface area contributed by atoms with E-state index in [1.165, 1.54) is 51.3 Å².